The lowest BCUT2D eigenvalue weighted by molar-refractivity contribution is -0.200. The summed E-state index contributed by atoms with van der Waals surface area (Å²) in [5, 5.41) is 18.1. The van der Waals surface area contributed by atoms with Crippen LogP contribution in [0.3, 0.4) is 0 Å². The van der Waals surface area contributed by atoms with Gasteiger partial charge in [0.1, 0.15) is 0 Å². The highest BCUT2D eigenvalue weighted by molar-refractivity contribution is 5.67. The lowest BCUT2D eigenvalue weighted by atomic mass is 9.93. The maximum atomic E-state index is 10.4. The Balaban J connectivity index is 2.54. The number of aliphatic carboxylic acids is 1. The molecule has 82 valence electrons. The summed E-state index contributed by atoms with van der Waals surface area (Å²) in [6.07, 6.45) is -1.24. The van der Waals surface area contributed by atoms with Crippen molar-refractivity contribution in [2.45, 2.75) is 32.2 Å². The quantitative estimate of drug-likeness (QED) is 0.685. The zero-order chi connectivity index (χ0) is 10.8. The summed E-state index contributed by atoms with van der Waals surface area (Å²) in [5.41, 5.74) is 0. The van der Waals surface area contributed by atoms with E-state index < -0.39 is 17.9 Å². The van der Waals surface area contributed by atoms with Crippen molar-refractivity contribution >= 4 is 5.97 Å². The van der Waals surface area contributed by atoms with E-state index in [1.165, 1.54) is 0 Å². The zero-order valence-corrected chi connectivity index (χ0v) is 8.40. The molecule has 1 fully saturated rings. The second-order valence-corrected chi connectivity index (χ2v) is 3.67. The minimum Gasteiger partial charge on any atom is -0.481 e. The first kappa shape index (κ1) is 11.4. The smallest absolute Gasteiger partial charge is 0.305 e. The molecule has 2 atom stereocenters. The van der Waals surface area contributed by atoms with Crippen LogP contribution < -0.4 is 0 Å². The molecule has 0 radical (unpaired) electrons. The fourth-order valence-electron chi connectivity index (χ4n) is 1.50. The maximum absolute atomic E-state index is 10.4. The van der Waals surface area contributed by atoms with Crippen molar-refractivity contribution in [1.82, 2.24) is 0 Å². The van der Waals surface area contributed by atoms with Gasteiger partial charge < -0.3 is 19.7 Å². The maximum Gasteiger partial charge on any atom is 0.305 e. The van der Waals surface area contributed by atoms with Gasteiger partial charge in [0.2, 0.25) is 0 Å². The summed E-state index contributed by atoms with van der Waals surface area (Å²) in [6, 6.07) is 0. The van der Waals surface area contributed by atoms with Crippen LogP contribution in [0.15, 0.2) is 0 Å². The zero-order valence-electron chi connectivity index (χ0n) is 8.40. The second kappa shape index (κ2) is 4.25. The highest BCUT2D eigenvalue weighted by Gasteiger charge is 2.41. The molecule has 0 aromatic rings. The molecule has 14 heavy (non-hydrogen) atoms. The minimum absolute atomic E-state index is 0.288. The SMILES string of the molecule is CC([C@H](O)CC(=O)O)C1(C)OCCO1. The van der Waals surface area contributed by atoms with Gasteiger partial charge in [-0.1, -0.05) is 6.92 Å². The number of rotatable bonds is 4. The van der Waals surface area contributed by atoms with E-state index in [-0.39, 0.29) is 12.3 Å². The van der Waals surface area contributed by atoms with E-state index in [0.29, 0.717) is 13.2 Å². The van der Waals surface area contributed by atoms with Crippen molar-refractivity contribution in [3.8, 4) is 0 Å². The standard InChI is InChI=1S/C9H16O5/c1-6(7(10)5-8(11)12)9(2)13-3-4-14-9/h6-7,10H,3-5H2,1-2H3,(H,11,12)/t6?,7-/m1/s1. The van der Waals surface area contributed by atoms with Gasteiger partial charge in [0.15, 0.2) is 5.79 Å². The topological polar surface area (TPSA) is 76.0 Å². The predicted octanol–water partition coefficient (Wildman–Crippen LogP) is 0.221. The Hall–Kier alpha value is -0.650. The van der Waals surface area contributed by atoms with Crippen molar-refractivity contribution in [3.05, 3.63) is 0 Å². The predicted molar refractivity (Wildman–Crippen MR) is 47.7 cm³/mol. The van der Waals surface area contributed by atoms with Crippen LogP contribution in [-0.4, -0.2) is 41.3 Å². The van der Waals surface area contributed by atoms with Crippen LogP contribution in [0.1, 0.15) is 20.3 Å². The monoisotopic (exact) mass is 204 g/mol. The molecule has 0 aromatic carbocycles. The first-order chi connectivity index (χ1) is 6.46. The number of aliphatic hydroxyl groups excluding tert-OH is 1. The van der Waals surface area contributed by atoms with Crippen LogP contribution >= 0.6 is 0 Å². The molecule has 1 saturated heterocycles. The molecule has 5 heteroatoms. The molecule has 1 aliphatic heterocycles. The number of carboxylic acids is 1. The molecule has 1 unspecified atom stereocenters. The molecule has 0 spiro atoms. The average molecular weight is 204 g/mol. The second-order valence-electron chi connectivity index (χ2n) is 3.67. The highest BCUT2D eigenvalue weighted by atomic mass is 16.7. The fourth-order valence-corrected chi connectivity index (χ4v) is 1.50. The lowest BCUT2D eigenvalue weighted by Crippen LogP contribution is -2.41. The minimum atomic E-state index is -1.02. The number of aliphatic hydroxyl groups is 1. The largest absolute Gasteiger partial charge is 0.481 e. The molecule has 0 aliphatic carbocycles. The van der Waals surface area contributed by atoms with Crippen LogP contribution in [0.2, 0.25) is 0 Å². The summed E-state index contributed by atoms with van der Waals surface area (Å²) < 4.78 is 10.7. The van der Waals surface area contributed by atoms with Crippen LogP contribution in [0, 0.1) is 5.92 Å². The van der Waals surface area contributed by atoms with Gasteiger partial charge in [0.05, 0.1) is 25.7 Å². The van der Waals surface area contributed by atoms with Gasteiger partial charge in [0.25, 0.3) is 0 Å². The molecule has 0 amide bonds. The molecule has 1 heterocycles. The average Bonchev–Trinajstić information content (AvgIpc) is 2.51. The normalized spacial score (nSPS) is 24.5. The van der Waals surface area contributed by atoms with E-state index >= 15 is 0 Å². The molecule has 2 N–H and O–H groups in total. The molecule has 0 saturated carbocycles. The van der Waals surface area contributed by atoms with Gasteiger partial charge in [-0.15, -0.1) is 0 Å². The van der Waals surface area contributed by atoms with Crippen molar-refractivity contribution in [2.75, 3.05) is 13.2 Å². The van der Waals surface area contributed by atoms with E-state index in [2.05, 4.69) is 0 Å². The highest BCUT2D eigenvalue weighted by Crippen LogP contribution is 2.30. The third-order valence-corrected chi connectivity index (χ3v) is 2.65. The summed E-state index contributed by atoms with van der Waals surface area (Å²) >= 11 is 0. The fraction of sp³-hybridized carbons (Fsp3) is 0.889. The Kier molecular flexibility index (Phi) is 3.47. The van der Waals surface area contributed by atoms with E-state index in [1.807, 2.05) is 0 Å². The number of carboxylic acid groups (broad SMARTS) is 1. The number of ether oxygens (including phenoxy) is 2. The van der Waals surface area contributed by atoms with Gasteiger partial charge in [-0.2, -0.15) is 0 Å². The van der Waals surface area contributed by atoms with E-state index in [1.54, 1.807) is 13.8 Å². The Morgan fingerprint density at radius 3 is 2.43 bits per heavy atom. The molecule has 5 nitrogen and oxygen atoms in total. The molecular formula is C9H16O5. The Labute approximate surface area is 82.6 Å². The van der Waals surface area contributed by atoms with Crippen LogP contribution in [0.25, 0.3) is 0 Å². The van der Waals surface area contributed by atoms with E-state index in [9.17, 15) is 9.90 Å². The lowest BCUT2D eigenvalue weighted by Gasteiger charge is -2.32. The van der Waals surface area contributed by atoms with E-state index in [4.69, 9.17) is 14.6 Å². The Bertz CT molecular complexity index is 209. The van der Waals surface area contributed by atoms with Gasteiger partial charge in [-0.25, -0.2) is 0 Å². The molecule has 0 bridgehead atoms. The Morgan fingerprint density at radius 2 is 2.00 bits per heavy atom. The van der Waals surface area contributed by atoms with Gasteiger partial charge in [0, 0.05) is 5.92 Å². The molecular weight excluding hydrogens is 188 g/mol. The van der Waals surface area contributed by atoms with Gasteiger partial charge >= 0.3 is 5.97 Å². The van der Waals surface area contributed by atoms with Crippen molar-refractivity contribution in [1.29, 1.82) is 0 Å². The summed E-state index contributed by atoms with van der Waals surface area (Å²) in [6.45, 7) is 4.41. The number of hydrogen-bond donors (Lipinski definition) is 2. The third-order valence-electron chi connectivity index (χ3n) is 2.65. The van der Waals surface area contributed by atoms with Crippen molar-refractivity contribution < 1.29 is 24.5 Å². The summed E-state index contributed by atoms with van der Waals surface area (Å²) in [7, 11) is 0. The van der Waals surface area contributed by atoms with Crippen molar-refractivity contribution in [3.63, 3.8) is 0 Å². The number of hydrogen-bond acceptors (Lipinski definition) is 4. The molecule has 1 aliphatic rings. The van der Waals surface area contributed by atoms with Crippen LogP contribution in [0.4, 0.5) is 0 Å². The Morgan fingerprint density at radius 1 is 1.50 bits per heavy atom. The van der Waals surface area contributed by atoms with E-state index in [0.717, 1.165) is 0 Å². The first-order valence-electron chi connectivity index (χ1n) is 4.63. The van der Waals surface area contributed by atoms with Gasteiger partial charge in [-0.3, -0.25) is 4.79 Å². The first-order valence-corrected chi connectivity index (χ1v) is 4.63. The summed E-state index contributed by atoms with van der Waals surface area (Å²) in [5.74, 6) is -2.23. The third kappa shape index (κ3) is 2.43. The van der Waals surface area contributed by atoms with Crippen LogP contribution in [-0.2, 0) is 14.3 Å². The van der Waals surface area contributed by atoms with Gasteiger partial charge in [-0.05, 0) is 6.92 Å². The molecule has 0 aromatic heterocycles. The van der Waals surface area contributed by atoms with Crippen LogP contribution in [0.5, 0.6) is 0 Å². The van der Waals surface area contributed by atoms with Crippen molar-refractivity contribution in [2.24, 2.45) is 5.92 Å². The number of carbonyl (C=O) groups is 1. The summed E-state index contributed by atoms with van der Waals surface area (Å²) in [4.78, 5) is 10.4. The molecule has 1 rings (SSSR count).